The number of aryl methyl sites for hydroxylation is 1. The highest BCUT2D eigenvalue weighted by atomic mass is 16.5. The molecule has 4 nitrogen and oxygen atoms in total. The zero-order chi connectivity index (χ0) is 12.5. The topological polar surface area (TPSA) is 52.1 Å². The molecule has 0 atom stereocenters. The Morgan fingerprint density at radius 3 is 3.00 bits per heavy atom. The molecule has 1 aliphatic rings. The van der Waals surface area contributed by atoms with E-state index in [1.54, 1.807) is 0 Å². The fourth-order valence-corrected chi connectivity index (χ4v) is 2.14. The highest BCUT2D eigenvalue weighted by Gasteiger charge is 2.13. The molecule has 0 bridgehead atoms. The predicted molar refractivity (Wildman–Crippen MR) is 66.8 cm³/mol. The summed E-state index contributed by atoms with van der Waals surface area (Å²) >= 11 is 0. The first-order valence-electron chi connectivity index (χ1n) is 5.83. The predicted octanol–water partition coefficient (Wildman–Crippen LogP) is 2.20. The molecule has 2 heterocycles. The van der Waals surface area contributed by atoms with Crippen LogP contribution in [0.4, 0.5) is 0 Å². The lowest BCUT2D eigenvalue weighted by atomic mass is 10.1. The lowest BCUT2D eigenvalue weighted by molar-refractivity contribution is 0.111. The van der Waals surface area contributed by atoms with Gasteiger partial charge in [-0.3, -0.25) is 4.79 Å². The molecule has 1 aromatic carbocycles. The molecule has 18 heavy (non-hydrogen) atoms. The van der Waals surface area contributed by atoms with E-state index >= 15 is 0 Å². The van der Waals surface area contributed by atoms with E-state index in [-0.39, 0.29) is 5.82 Å². The van der Waals surface area contributed by atoms with Crippen LogP contribution in [-0.4, -0.2) is 22.9 Å². The summed E-state index contributed by atoms with van der Waals surface area (Å²) in [6, 6.07) is 7.86. The Balaban J connectivity index is 2.09. The molecular formula is C14H12N2O2. The van der Waals surface area contributed by atoms with Crippen LogP contribution in [-0.2, 0) is 6.42 Å². The van der Waals surface area contributed by atoms with Crippen LogP contribution < -0.4 is 4.74 Å². The fraction of sp³-hybridized carbons (Fsp3) is 0.214. The van der Waals surface area contributed by atoms with E-state index in [2.05, 4.69) is 16.0 Å². The van der Waals surface area contributed by atoms with E-state index in [0.717, 1.165) is 35.7 Å². The molecule has 1 aromatic heterocycles. The number of rotatable bonds is 2. The number of carbonyl (C=O) groups excluding carboxylic acids is 1. The van der Waals surface area contributed by atoms with Gasteiger partial charge < -0.3 is 4.74 Å². The van der Waals surface area contributed by atoms with E-state index in [1.165, 1.54) is 5.56 Å². The van der Waals surface area contributed by atoms with Gasteiger partial charge in [0.05, 0.1) is 12.3 Å². The summed E-state index contributed by atoms with van der Waals surface area (Å²) in [5, 5.41) is 0. The third-order valence-electron chi connectivity index (χ3n) is 2.96. The lowest BCUT2D eigenvalue weighted by Gasteiger charge is -2.05. The van der Waals surface area contributed by atoms with Gasteiger partial charge in [0, 0.05) is 17.7 Å². The summed E-state index contributed by atoms with van der Waals surface area (Å²) in [5.41, 5.74) is 3.75. The number of fused-ring (bicyclic) bond motifs is 1. The Morgan fingerprint density at radius 2 is 2.17 bits per heavy atom. The first-order chi connectivity index (χ1) is 8.76. The third kappa shape index (κ3) is 1.86. The van der Waals surface area contributed by atoms with Crippen molar-refractivity contribution in [2.24, 2.45) is 0 Å². The summed E-state index contributed by atoms with van der Waals surface area (Å²) in [6.45, 7) is 2.59. The Hall–Kier alpha value is -2.23. The molecule has 90 valence electrons. The first kappa shape index (κ1) is 10.9. The van der Waals surface area contributed by atoms with Crippen molar-refractivity contribution in [3.8, 4) is 17.0 Å². The molecule has 2 aromatic rings. The number of nitrogens with zero attached hydrogens (tertiary/aromatic N) is 2. The minimum atomic E-state index is 0.224. The van der Waals surface area contributed by atoms with Gasteiger partial charge >= 0.3 is 0 Å². The minimum absolute atomic E-state index is 0.224. The molecule has 0 saturated carbocycles. The Morgan fingerprint density at radius 1 is 1.28 bits per heavy atom. The second-order valence-corrected chi connectivity index (χ2v) is 4.29. The Bertz CT molecular complexity index is 623. The van der Waals surface area contributed by atoms with Crippen molar-refractivity contribution in [2.45, 2.75) is 13.3 Å². The average Bonchev–Trinajstić information content (AvgIpc) is 2.85. The summed E-state index contributed by atoms with van der Waals surface area (Å²) in [5.74, 6) is 1.17. The Labute approximate surface area is 105 Å². The average molecular weight is 240 g/mol. The van der Waals surface area contributed by atoms with Gasteiger partial charge in [-0.2, -0.15) is 0 Å². The second-order valence-electron chi connectivity index (χ2n) is 4.29. The van der Waals surface area contributed by atoms with Gasteiger partial charge in [0.15, 0.2) is 12.1 Å². The van der Waals surface area contributed by atoms with Gasteiger partial charge in [0.2, 0.25) is 0 Å². The molecule has 0 radical (unpaired) electrons. The molecule has 0 N–H and O–H groups in total. The summed E-state index contributed by atoms with van der Waals surface area (Å²) in [6.07, 6.45) is 1.60. The van der Waals surface area contributed by atoms with Crippen LogP contribution in [0.25, 0.3) is 11.3 Å². The number of benzene rings is 1. The van der Waals surface area contributed by atoms with Crippen LogP contribution in [0.15, 0.2) is 24.3 Å². The largest absolute Gasteiger partial charge is 0.493 e. The maximum absolute atomic E-state index is 10.8. The normalized spacial score (nSPS) is 12.9. The zero-order valence-electron chi connectivity index (χ0n) is 10.0. The third-order valence-corrected chi connectivity index (χ3v) is 2.96. The number of hydrogen-bond acceptors (Lipinski definition) is 4. The maximum atomic E-state index is 10.8. The van der Waals surface area contributed by atoms with E-state index in [1.807, 2.05) is 25.1 Å². The molecule has 3 rings (SSSR count). The van der Waals surface area contributed by atoms with Crippen LogP contribution in [0.2, 0.25) is 0 Å². The summed E-state index contributed by atoms with van der Waals surface area (Å²) < 4.78 is 5.47. The molecule has 0 spiro atoms. The minimum Gasteiger partial charge on any atom is -0.493 e. The molecule has 4 heteroatoms. The lowest BCUT2D eigenvalue weighted by Crippen LogP contribution is -1.97. The summed E-state index contributed by atoms with van der Waals surface area (Å²) in [4.78, 5) is 19.1. The van der Waals surface area contributed by atoms with Crippen molar-refractivity contribution in [3.63, 3.8) is 0 Å². The molecule has 0 aliphatic carbocycles. The smallest absolute Gasteiger partial charge is 0.193 e. The molecule has 1 aliphatic heterocycles. The monoisotopic (exact) mass is 240 g/mol. The molecule has 0 saturated heterocycles. The van der Waals surface area contributed by atoms with Gasteiger partial charge in [-0.25, -0.2) is 9.97 Å². The first-order valence-corrected chi connectivity index (χ1v) is 5.83. The van der Waals surface area contributed by atoms with E-state index in [9.17, 15) is 4.79 Å². The molecule has 0 amide bonds. The van der Waals surface area contributed by atoms with Crippen molar-refractivity contribution < 1.29 is 9.53 Å². The van der Waals surface area contributed by atoms with Gasteiger partial charge in [-0.1, -0.05) is 0 Å². The van der Waals surface area contributed by atoms with Crippen LogP contribution in [0.5, 0.6) is 5.75 Å². The number of carbonyl (C=O) groups is 1. The van der Waals surface area contributed by atoms with E-state index in [4.69, 9.17) is 4.74 Å². The van der Waals surface area contributed by atoms with Gasteiger partial charge in [-0.15, -0.1) is 0 Å². The van der Waals surface area contributed by atoms with Crippen molar-refractivity contribution in [2.75, 3.05) is 6.61 Å². The quantitative estimate of drug-likeness (QED) is 0.755. The second kappa shape index (κ2) is 4.22. The summed E-state index contributed by atoms with van der Waals surface area (Å²) in [7, 11) is 0. The van der Waals surface area contributed by atoms with Crippen molar-refractivity contribution in [1.29, 1.82) is 0 Å². The highest BCUT2D eigenvalue weighted by Crippen LogP contribution is 2.29. The maximum Gasteiger partial charge on any atom is 0.193 e. The fourth-order valence-electron chi connectivity index (χ4n) is 2.14. The van der Waals surface area contributed by atoms with Gasteiger partial charge in [0.25, 0.3) is 0 Å². The zero-order valence-corrected chi connectivity index (χ0v) is 10.0. The molecule has 0 unspecified atom stereocenters. The number of aromatic nitrogens is 2. The number of ether oxygens (including phenoxy) is 1. The van der Waals surface area contributed by atoms with Crippen molar-refractivity contribution in [3.05, 3.63) is 41.3 Å². The van der Waals surface area contributed by atoms with Gasteiger partial charge in [-0.05, 0) is 36.8 Å². The highest BCUT2D eigenvalue weighted by molar-refractivity contribution is 5.71. The van der Waals surface area contributed by atoms with E-state index < -0.39 is 0 Å². The van der Waals surface area contributed by atoms with E-state index in [0.29, 0.717) is 6.29 Å². The van der Waals surface area contributed by atoms with Crippen molar-refractivity contribution in [1.82, 2.24) is 9.97 Å². The van der Waals surface area contributed by atoms with Gasteiger partial charge in [0.1, 0.15) is 5.75 Å². The number of aldehydes is 1. The standard InChI is InChI=1S/C14H12N2O2/c1-9-6-12(16-14(8-17)15-9)10-2-3-13-11(7-10)4-5-18-13/h2-3,6-8H,4-5H2,1H3. The van der Waals surface area contributed by atoms with Crippen LogP contribution in [0.1, 0.15) is 21.9 Å². The van der Waals surface area contributed by atoms with Crippen molar-refractivity contribution >= 4 is 6.29 Å². The SMILES string of the molecule is Cc1cc(-c2ccc3c(c2)CCO3)nc(C=O)n1. The Kier molecular flexibility index (Phi) is 2.55. The van der Waals surface area contributed by atoms with Crippen LogP contribution >= 0.6 is 0 Å². The molecular weight excluding hydrogens is 228 g/mol. The van der Waals surface area contributed by atoms with Crippen LogP contribution in [0.3, 0.4) is 0 Å². The van der Waals surface area contributed by atoms with Crippen LogP contribution in [0, 0.1) is 6.92 Å². The molecule has 0 fully saturated rings. The number of hydrogen-bond donors (Lipinski definition) is 0.